The first-order chi connectivity index (χ1) is 15.2. The van der Waals surface area contributed by atoms with E-state index in [9.17, 15) is 9.18 Å². The zero-order chi connectivity index (χ0) is 21.2. The molecule has 1 amide bonds. The third kappa shape index (κ3) is 4.08. The molecular weight excluding hydrogens is 411 g/mol. The Balaban J connectivity index is 1.26. The molecule has 7 heteroatoms. The zero-order valence-corrected chi connectivity index (χ0v) is 17.1. The van der Waals surface area contributed by atoms with Crippen molar-refractivity contribution >= 4 is 34.0 Å². The Morgan fingerprint density at radius 2 is 1.87 bits per heavy atom. The molecule has 5 rings (SSSR count). The Hall–Kier alpha value is -3.84. The van der Waals surface area contributed by atoms with Crippen LogP contribution in [0.1, 0.15) is 5.69 Å². The lowest BCUT2D eigenvalue weighted by atomic mass is 10.2. The van der Waals surface area contributed by atoms with E-state index >= 15 is 0 Å². The molecule has 0 fully saturated rings. The molecule has 0 spiro atoms. The Morgan fingerprint density at radius 3 is 2.71 bits per heavy atom. The van der Waals surface area contributed by atoms with Gasteiger partial charge in [-0.1, -0.05) is 24.3 Å². The maximum atomic E-state index is 13.4. The van der Waals surface area contributed by atoms with E-state index in [1.807, 2.05) is 58.5 Å². The third-order valence-electron chi connectivity index (χ3n) is 4.85. The number of hydrogen-bond donors (Lipinski definition) is 1. The van der Waals surface area contributed by atoms with Crippen molar-refractivity contribution in [1.29, 1.82) is 0 Å². The highest BCUT2D eigenvalue weighted by Crippen LogP contribution is 2.25. The predicted octanol–water partition coefficient (Wildman–Crippen LogP) is 5.47. The number of nitrogens with zero attached hydrogens (tertiary/aromatic N) is 3. The van der Waals surface area contributed by atoms with Crippen LogP contribution in [0.2, 0.25) is 0 Å². The molecule has 0 radical (unpaired) electrons. The van der Waals surface area contributed by atoms with Gasteiger partial charge in [-0.3, -0.25) is 9.36 Å². The summed E-state index contributed by atoms with van der Waals surface area (Å²) in [6, 6.07) is 21.8. The van der Waals surface area contributed by atoms with E-state index in [1.54, 1.807) is 18.5 Å². The van der Waals surface area contributed by atoms with Crippen LogP contribution in [-0.4, -0.2) is 20.4 Å². The van der Waals surface area contributed by atoms with E-state index in [-0.39, 0.29) is 18.1 Å². The minimum atomic E-state index is -0.306. The van der Waals surface area contributed by atoms with Crippen molar-refractivity contribution in [3.8, 4) is 16.3 Å². The molecule has 2 heterocycles. The maximum Gasteiger partial charge on any atom is 0.230 e. The minimum absolute atomic E-state index is 0.153. The van der Waals surface area contributed by atoms with Crippen molar-refractivity contribution in [3.63, 3.8) is 0 Å². The van der Waals surface area contributed by atoms with E-state index in [0.29, 0.717) is 22.0 Å². The Bertz CT molecular complexity index is 1370. The molecule has 0 aliphatic rings. The van der Waals surface area contributed by atoms with Crippen LogP contribution >= 0.6 is 11.3 Å². The van der Waals surface area contributed by atoms with Gasteiger partial charge in [0.25, 0.3) is 0 Å². The van der Waals surface area contributed by atoms with Gasteiger partial charge in [0.15, 0.2) is 0 Å². The number of para-hydroxylation sites is 2. The van der Waals surface area contributed by atoms with Crippen LogP contribution in [0, 0.1) is 5.82 Å². The number of benzene rings is 3. The highest BCUT2D eigenvalue weighted by atomic mass is 32.1. The van der Waals surface area contributed by atoms with E-state index in [1.165, 1.54) is 23.5 Å². The molecule has 0 bridgehead atoms. The molecule has 0 unspecified atom stereocenters. The summed E-state index contributed by atoms with van der Waals surface area (Å²) in [6.07, 6.45) is 1.94. The summed E-state index contributed by atoms with van der Waals surface area (Å²) in [6.45, 7) is 0. The van der Waals surface area contributed by atoms with Gasteiger partial charge in [0.05, 0.1) is 23.1 Å². The van der Waals surface area contributed by atoms with E-state index in [2.05, 4.69) is 15.3 Å². The van der Waals surface area contributed by atoms with Gasteiger partial charge in [0.1, 0.15) is 17.2 Å². The lowest BCUT2D eigenvalue weighted by molar-refractivity contribution is -0.115. The lowest BCUT2D eigenvalue weighted by Gasteiger charge is -2.07. The van der Waals surface area contributed by atoms with Crippen LogP contribution in [0.5, 0.6) is 0 Å². The number of rotatable bonds is 5. The first-order valence-electron chi connectivity index (χ1n) is 9.68. The van der Waals surface area contributed by atoms with Crippen molar-refractivity contribution in [2.75, 3.05) is 5.32 Å². The number of anilines is 1. The van der Waals surface area contributed by atoms with Crippen molar-refractivity contribution in [3.05, 3.63) is 96.0 Å². The summed E-state index contributed by atoms with van der Waals surface area (Å²) in [7, 11) is 0. The van der Waals surface area contributed by atoms with Crippen molar-refractivity contribution in [1.82, 2.24) is 14.5 Å². The SMILES string of the molecule is O=C(Cc1csc(-c2cccc(F)c2)n1)Nc1ccc(-n2cnc3ccccc32)cc1. The van der Waals surface area contributed by atoms with Gasteiger partial charge < -0.3 is 5.32 Å². The number of nitrogens with one attached hydrogen (secondary N) is 1. The highest BCUT2D eigenvalue weighted by Gasteiger charge is 2.10. The molecule has 152 valence electrons. The first-order valence-corrected chi connectivity index (χ1v) is 10.6. The largest absolute Gasteiger partial charge is 0.326 e. The topological polar surface area (TPSA) is 59.8 Å². The number of aromatic nitrogens is 3. The number of carbonyl (C=O) groups is 1. The summed E-state index contributed by atoms with van der Waals surface area (Å²) in [4.78, 5) is 21.3. The fraction of sp³-hybridized carbons (Fsp3) is 0.0417. The van der Waals surface area contributed by atoms with Gasteiger partial charge in [-0.2, -0.15) is 0 Å². The van der Waals surface area contributed by atoms with Gasteiger partial charge in [0, 0.05) is 22.3 Å². The highest BCUT2D eigenvalue weighted by molar-refractivity contribution is 7.13. The van der Waals surface area contributed by atoms with E-state index in [0.717, 1.165) is 16.7 Å². The predicted molar refractivity (Wildman–Crippen MR) is 121 cm³/mol. The van der Waals surface area contributed by atoms with Crippen molar-refractivity contribution < 1.29 is 9.18 Å². The van der Waals surface area contributed by atoms with Crippen LogP contribution in [0.15, 0.2) is 84.5 Å². The summed E-state index contributed by atoms with van der Waals surface area (Å²) in [5.41, 5.74) is 4.99. The van der Waals surface area contributed by atoms with E-state index < -0.39 is 0 Å². The zero-order valence-electron chi connectivity index (χ0n) is 16.3. The second-order valence-corrected chi connectivity index (χ2v) is 7.89. The molecule has 2 aromatic heterocycles. The van der Waals surface area contributed by atoms with Gasteiger partial charge in [-0.05, 0) is 48.5 Å². The molecule has 0 atom stereocenters. The second kappa shape index (κ2) is 8.12. The average molecular weight is 428 g/mol. The standard InChI is InChI=1S/C24H17FN4OS/c25-17-5-3-4-16(12-17)24-28-19(14-31-24)13-23(30)27-18-8-10-20(11-9-18)29-15-26-21-6-1-2-7-22(21)29/h1-12,14-15H,13H2,(H,27,30). The lowest BCUT2D eigenvalue weighted by Crippen LogP contribution is -2.14. The number of thiazole rings is 1. The monoisotopic (exact) mass is 428 g/mol. The quantitative estimate of drug-likeness (QED) is 0.404. The van der Waals surface area contributed by atoms with Crippen LogP contribution in [-0.2, 0) is 11.2 Å². The van der Waals surface area contributed by atoms with Gasteiger partial charge >= 0.3 is 0 Å². The minimum Gasteiger partial charge on any atom is -0.326 e. The van der Waals surface area contributed by atoms with Crippen molar-refractivity contribution in [2.45, 2.75) is 6.42 Å². The Kier molecular flexibility index (Phi) is 5.01. The van der Waals surface area contributed by atoms with E-state index in [4.69, 9.17) is 0 Å². The number of fused-ring (bicyclic) bond motifs is 1. The fourth-order valence-electron chi connectivity index (χ4n) is 3.38. The molecule has 5 nitrogen and oxygen atoms in total. The molecule has 0 saturated heterocycles. The Labute approximate surface area is 181 Å². The number of imidazole rings is 1. The third-order valence-corrected chi connectivity index (χ3v) is 5.79. The molecule has 0 aliphatic heterocycles. The maximum absolute atomic E-state index is 13.4. The summed E-state index contributed by atoms with van der Waals surface area (Å²) in [5.74, 6) is -0.462. The summed E-state index contributed by atoms with van der Waals surface area (Å²) in [5, 5.41) is 5.42. The van der Waals surface area contributed by atoms with Crippen LogP contribution < -0.4 is 5.32 Å². The molecule has 1 N–H and O–H groups in total. The second-order valence-electron chi connectivity index (χ2n) is 7.03. The van der Waals surface area contributed by atoms with Gasteiger partial charge in [-0.15, -0.1) is 11.3 Å². The average Bonchev–Trinajstić information content (AvgIpc) is 3.41. The number of halogens is 1. The molecule has 0 saturated carbocycles. The number of amides is 1. The van der Waals surface area contributed by atoms with Crippen molar-refractivity contribution in [2.24, 2.45) is 0 Å². The normalized spacial score (nSPS) is 11.0. The molecule has 31 heavy (non-hydrogen) atoms. The molecule has 0 aliphatic carbocycles. The van der Waals surface area contributed by atoms with Crippen LogP contribution in [0.25, 0.3) is 27.3 Å². The molecular formula is C24H17FN4OS. The first kappa shape index (κ1) is 19.1. The molecule has 5 aromatic rings. The smallest absolute Gasteiger partial charge is 0.230 e. The molecule has 3 aromatic carbocycles. The van der Waals surface area contributed by atoms with Gasteiger partial charge in [-0.25, -0.2) is 14.4 Å². The van der Waals surface area contributed by atoms with Crippen LogP contribution in [0.4, 0.5) is 10.1 Å². The summed E-state index contributed by atoms with van der Waals surface area (Å²) >= 11 is 1.39. The number of hydrogen-bond acceptors (Lipinski definition) is 4. The van der Waals surface area contributed by atoms with Crippen LogP contribution in [0.3, 0.4) is 0 Å². The number of carbonyl (C=O) groups excluding carboxylic acids is 1. The fourth-order valence-corrected chi connectivity index (χ4v) is 4.20. The summed E-state index contributed by atoms with van der Waals surface area (Å²) < 4.78 is 15.4. The van der Waals surface area contributed by atoms with Gasteiger partial charge in [0.2, 0.25) is 5.91 Å². The Morgan fingerprint density at radius 1 is 1.03 bits per heavy atom.